The minimum atomic E-state index is -3.94. The number of hydrogen-bond donors (Lipinski definition) is 1. The normalized spacial score (nSPS) is 13.9. The Morgan fingerprint density at radius 3 is 2.20 bits per heavy atom. The Morgan fingerprint density at radius 1 is 1.12 bits per heavy atom. The monoisotopic (exact) mass is 445 g/mol. The molecule has 0 heterocycles. The van der Waals surface area contributed by atoms with Crippen LogP contribution in [0.2, 0.25) is 0 Å². The van der Waals surface area contributed by atoms with Gasteiger partial charge in [0.15, 0.2) is 0 Å². The first-order valence-corrected chi connectivity index (χ1v) is 10.0. The molecule has 8 heteroatoms. The first-order valence-electron chi connectivity index (χ1n) is 7.31. The van der Waals surface area contributed by atoms with Crippen LogP contribution < -0.4 is 4.72 Å². The van der Waals surface area contributed by atoms with Gasteiger partial charge in [0.05, 0.1) is 17.4 Å². The lowest BCUT2D eigenvalue weighted by atomic mass is 10.1. The van der Waals surface area contributed by atoms with Crippen molar-refractivity contribution in [1.82, 2.24) is 4.72 Å². The van der Waals surface area contributed by atoms with Crippen molar-refractivity contribution < 1.29 is 17.9 Å². The number of ether oxygens (including phenoxy) is 1. The maximum Gasteiger partial charge on any atom is 0.325 e. The van der Waals surface area contributed by atoms with E-state index in [0.29, 0.717) is 5.56 Å². The van der Waals surface area contributed by atoms with Crippen LogP contribution in [0, 0.1) is 6.92 Å². The first kappa shape index (κ1) is 19.9. The van der Waals surface area contributed by atoms with Crippen LogP contribution >= 0.6 is 27.5 Å². The SMILES string of the molecule is COC(=O)[C@@H](NS(=O)(=O)c1ccc(C)cc1)[C@@H](Cl)c1ccc(Br)cc1. The fourth-order valence-corrected chi connectivity index (χ4v) is 3.99. The van der Waals surface area contributed by atoms with E-state index in [1.807, 2.05) is 6.92 Å². The fourth-order valence-electron chi connectivity index (χ4n) is 2.15. The number of alkyl halides is 1. The molecule has 0 unspecified atom stereocenters. The van der Waals surface area contributed by atoms with Gasteiger partial charge in [-0.1, -0.05) is 45.8 Å². The van der Waals surface area contributed by atoms with Gasteiger partial charge in [-0.15, -0.1) is 11.6 Å². The van der Waals surface area contributed by atoms with Crippen molar-refractivity contribution in [3.8, 4) is 0 Å². The average molecular weight is 447 g/mol. The molecular formula is C17H17BrClNO4S. The van der Waals surface area contributed by atoms with Crippen LogP contribution in [-0.4, -0.2) is 27.5 Å². The topological polar surface area (TPSA) is 72.5 Å². The second-order valence-corrected chi connectivity index (χ2v) is 8.49. The van der Waals surface area contributed by atoms with Crippen molar-refractivity contribution in [3.63, 3.8) is 0 Å². The van der Waals surface area contributed by atoms with E-state index in [1.54, 1.807) is 36.4 Å². The van der Waals surface area contributed by atoms with Crippen LogP contribution in [-0.2, 0) is 19.6 Å². The summed E-state index contributed by atoms with van der Waals surface area (Å²) < 4.78 is 33.1. The average Bonchev–Trinajstić information content (AvgIpc) is 2.59. The summed E-state index contributed by atoms with van der Waals surface area (Å²) in [6.07, 6.45) is 0. The van der Waals surface area contributed by atoms with Crippen LogP contribution in [0.25, 0.3) is 0 Å². The van der Waals surface area contributed by atoms with Gasteiger partial charge in [0.2, 0.25) is 10.0 Å². The van der Waals surface area contributed by atoms with Gasteiger partial charge in [-0.25, -0.2) is 8.42 Å². The molecule has 0 amide bonds. The third kappa shape index (κ3) is 5.04. The zero-order valence-electron chi connectivity index (χ0n) is 13.6. The number of halogens is 2. The van der Waals surface area contributed by atoms with Crippen LogP contribution in [0.5, 0.6) is 0 Å². The van der Waals surface area contributed by atoms with Gasteiger partial charge in [0.25, 0.3) is 0 Å². The highest BCUT2D eigenvalue weighted by molar-refractivity contribution is 9.10. The quantitative estimate of drug-likeness (QED) is 0.544. The summed E-state index contributed by atoms with van der Waals surface area (Å²) in [7, 11) is -2.76. The lowest BCUT2D eigenvalue weighted by molar-refractivity contribution is -0.142. The number of carbonyl (C=O) groups excluding carboxylic acids is 1. The van der Waals surface area contributed by atoms with E-state index in [9.17, 15) is 13.2 Å². The van der Waals surface area contributed by atoms with Gasteiger partial charge in [0, 0.05) is 4.47 Å². The smallest absolute Gasteiger partial charge is 0.325 e. The molecule has 134 valence electrons. The van der Waals surface area contributed by atoms with Gasteiger partial charge in [-0.2, -0.15) is 4.72 Å². The van der Waals surface area contributed by atoms with Crippen molar-refractivity contribution in [3.05, 3.63) is 64.1 Å². The van der Waals surface area contributed by atoms with E-state index in [1.165, 1.54) is 19.2 Å². The van der Waals surface area contributed by atoms with Crippen LogP contribution in [0.4, 0.5) is 0 Å². The minimum absolute atomic E-state index is 0.0478. The Morgan fingerprint density at radius 2 is 1.68 bits per heavy atom. The molecule has 0 aliphatic rings. The van der Waals surface area contributed by atoms with E-state index in [2.05, 4.69) is 20.7 Å². The second-order valence-electron chi connectivity index (χ2n) is 5.39. The second kappa shape index (κ2) is 8.31. The zero-order chi connectivity index (χ0) is 18.6. The van der Waals surface area contributed by atoms with Gasteiger partial charge in [0.1, 0.15) is 6.04 Å². The Bertz CT molecular complexity index is 838. The number of hydrogen-bond acceptors (Lipinski definition) is 4. The predicted octanol–water partition coefficient (Wildman–Crippen LogP) is 3.56. The van der Waals surface area contributed by atoms with Gasteiger partial charge in [-0.05, 0) is 36.8 Å². The Balaban J connectivity index is 2.32. The molecule has 0 fully saturated rings. The molecule has 0 aliphatic heterocycles. The lowest BCUT2D eigenvalue weighted by Crippen LogP contribution is -2.44. The van der Waals surface area contributed by atoms with Gasteiger partial charge >= 0.3 is 5.97 Å². The third-order valence-electron chi connectivity index (χ3n) is 3.55. The van der Waals surface area contributed by atoms with Gasteiger partial charge < -0.3 is 4.74 Å². The Hall–Kier alpha value is -1.41. The number of nitrogens with one attached hydrogen (secondary N) is 1. The molecule has 0 aromatic heterocycles. The molecule has 0 aliphatic carbocycles. The largest absolute Gasteiger partial charge is 0.468 e. The summed E-state index contributed by atoms with van der Waals surface area (Å²) in [6, 6.07) is 11.9. The summed E-state index contributed by atoms with van der Waals surface area (Å²) in [4.78, 5) is 12.2. The summed E-state index contributed by atoms with van der Waals surface area (Å²) in [5, 5.41) is -0.930. The Labute approximate surface area is 160 Å². The molecule has 0 bridgehead atoms. The van der Waals surface area contributed by atoms with Crippen molar-refractivity contribution in [2.75, 3.05) is 7.11 Å². The maximum atomic E-state index is 12.6. The molecule has 0 radical (unpaired) electrons. The number of esters is 1. The highest BCUT2D eigenvalue weighted by Crippen LogP contribution is 2.27. The predicted molar refractivity (Wildman–Crippen MR) is 100 cm³/mol. The minimum Gasteiger partial charge on any atom is -0.468 e. The number of methoxy groups -OCH3 is 1. The number of sulfonamides is 1. The molecule has 5 nitrogen and oxygen atoms in total. The van der Waals surface area contributed by atoms with Gasteiger partial charge in [-0.3, -0.25) is 4.79 Å². The summed E-state index contributed by atoms with van der Waals surface area (Å²) in [5.41, 5.74) is 1.51. The number of benzene rings is 2. The van der Waals surface area contributed by atoms with Crippen LogP contribution in [0.3, 0.4) is 0 Å². The first-order chi connectivity index (χ1) is 11.7. The molecule has 2 aromatic rings. The number of aryl methyl sites for hydroxylation is 1. The number of carbonyl (C=O) groups is 1. The summed E-state index contributed by atoms with van der Waals surface area (Å²) in [5.74, 6) is -0.765. The molecule has 0 saturated heterocycles. The highest BCUT2D eigenvalue weighted by atomic mass is 79.9. The molecule has 2 atom stereocenters. The summed E-state index contributed by atoms with van der Waals surface area (Å²) >= 11 is 9.69. The molecule has 0 saturated carbocycles. The van der Waals surface area contributed by atoms with Crippen molar-refractivity contribution in [2.24, 2.45) is 0 Å². The van der Waals surface area contributed by atoms with Crippen LogP contribution in [0.15, 0.2) is 57.9 Å². The highest BCUT2D eigenvalue weighted by Gasteiger charge is 2.33. The molecule has 2 aromatic carbocycles. The number of rotatable bonds is 6. The van der Waals surface area contributed by atoms with E-state index >= 15 is 0 Å². The molecular weight excluding hydrogens is 430 g/mol. The van der Waals surface area contributed by atoms with E-state index < -0.39 is 27.4 Å². The zero-order valence-corrected chi connectivity index (χ0v) is 16.7. The lowest BCUT2D eigenvalue weighted by Gasteiger charge is -2.21. The maximum absolute atomic E-state index is 12.6. The molecule has 1 N–H and O–H groups in total. The van der Waals surface area contributed by atoms with E-state index in [-0.39, 0.29) is 4.90 Å². The van der Waals surface area contributed by atoms with E-state index in [0.717, 1.165) is 10.0 Å². The standard InChI is InChI=1S/C17H17BrClNO4S/c1-11-3-9-14(10-4-11)25(22,23)20-16(17(21)24-2)15(19)12-5-7-13(18)8-6-12/h3-10,15-16,20H,1-2H3/t15-,16-/m0/s1. The Kier molecular flexibility index (Phi) is 6.62. The summed E-state index contributed by atoms with van der Waals surface area (Å²) in [6.45, 7) is 1.85. The molecule has 0 spiro atoms. The van der Waals surface area contributed by atoms with Crippen LogP contribution in [0.1, 0.15) is 16.5 Å². The van der Waals surface area contributed by atoms with Crippen molar-refractivity contribution in [1.29, 1.82) is 0 Å². The van der Waals surface area contributed by atoms with Crippen molar-refractivity contribution in [2.45, 2.75) is 23.2 Å². The molecule has 2 rings (SSSR count). The van der Waals surface area contributed by atoms with E-state index in [4.69, 9.17) is 16.3 Å². The fraction of sp³-hybridized carbons (Fsp3) is 0.235. The molecule has 25 heavy (non-hydrogen) atoms. The van der Waals surface area contributed by atoms with Crippen molar-refractivity contribution >= 4 is 43.5 Å². The third-order valence-corrected chi connectivity index (χ3v) is 6.04.